The summed E-state index contributed by atoms with van der Waals surface area (Å²) in [6.45, 7) is 5.16. The Kier molecular flexibility index (Phi) is 8.18. The average Bonchev–Trinajstić information content (AvgIpc) is 3.26. The molecule has 0 unspecified atom stereocenters. The Morgan fingerprint density at radius 2 is 1.68 bits per heavy atom. The quantitative estimate of drug-likeness (QED) is 0.275. The molecule has 4 rings (SSSR count). The number of carbonyl (C=O) groups is 1. The van der Waals surface area contributed by atoms with E-state index in [9.17, 15) is 13.2 Å². The van der Waals surface area contributed by atoms with Crippen LogP contribution in [-0.4, -0.2) is 51.4 Å². The second-order valence-corrected chi connectivity index (χ2v) is 12.3. The van der Waals surface area contributed by atoms with Crippen LogP contribution < -0.4 is 9.62 Å². The summed E-state index contributed by atoms with van der Waals surface area (Å²) in [7, 11) is 0.249. The van der Waals surface area contributed by atoms with E-state index in [-0.39, 0.29) is 10.8 Å². The van der Waals surface area contributed by atoms with Gasteiger partial charge in [0.2, 0.25) is 0 Å². The van der Waals surface area contributed by atoms with Crippen LogP contribution in [0.2, 0.25) is 5.02 Å². The van der Waals surface area contributed by atoms with Crippen molar-refractivity contribution in [2.45, 2.75) is 25.2 Å². The highest BCUT2D eigenvalue weighted by molar-refractivity contribution is 7.92. The molecule has 7 nitrogen and oxygen atoms in total. The summed E-state index contributed by atoms with van der Waals surface area (Å²) in [6.07, 6.45) is 0.767. The van der Waals surface area contributed by atoms with Gasteiger partial charge in [0.05, 0.1) is 15.1 Å². The van der Waals surface area contributed by atoms with E-state index in [0.717, 1.165) is 34.3 Å². The first kappa shape index (κ1) is 27.1. The number of nitrogens with one attached hydrogen (secondary N) is 1. The zero-order valence-corrected chi connectivity index (χ0v) is 23.5. The Hall–Kier alpha value is -2.98. The van der Waals surface area contributed by atoms with Gasteiger partial charge >= 0.3 is 0 Å². The summed E-state index contributed by atoms with van der Waals surface area (Å²) in [4.78, 5) is 22.3. The minimum Gasteiger partial charge on any atom is -0.309 e. The van der Waals surface area contributed by atoms with Crippen LogP contribution in [-0.2, 0) is 10.0 Å². The second kappa shape index (κ2) is 11.2. The van der Waals surface area contributed by atoms with Crippen LogP contribution in [0.5, 0.6) is 0 Å². The summed E-state index contributed by atoms with van der Waals surface area (Å²) in [5.74, 6) is -0.200. The molecule has 3 aromatic carbocycles. The first-order valence-corrected chi connectivity index (χ1v) is 14.4. The summed E-state index contributed by atoms with van der Waals surface area (Å²) in [5, 5.41) is 1.24. The van der Waals surface area contributed by atoms with E-state index in [1.807, 2.05) is 40.1 Å². The molecule has 194 valence electrons. The molecule has 0 aliphatic heterocycles. The van der Waals surface area contributed by atoms with E-state index in [4.69, 9.17) is 16.6 Å². The number of benzene rings is 3. The number of carbonyl (C=O) groups excluding carboxylic acids is 1. The minimum atomic E-state index is -3.73. The highest BCUT2D eigenvalue weighted by Gasteiger charge is 2.22. The zero-order chi connectivity index (χ0) is 26.7. The predicted octanol–water partition coefficient (Wildman–Crippen LogP) is 5.97. The lowest BCUT2D eigenvalue weighted by atomic mass is 10.2. The SMILES string of the molecule is Cc1ccc(S(=O)(=O)Nc2ccc(C(=O)N(CCCN(C)C)c3nc4c(C)cc(Cl)cc4s3)cc2)cc1. The van der Waals surface area contributed by atoms with Crippen LogP contribution in [0.3, 0.4) is 0 Å². The van der Waals surface area contributed by atoms with E-state index in [0.29, 0.717) is 27.9 Å². The Morgan fingerprint density at radius 3 is 2.32 bits per heavy atom. The van der Waals surface area contributed by atoms with E-state index < -0.39 is 10.0 Å². The molecule has 1 heterocycles. The van der Waals surface area contributed by atoms with Gasteiger partial charge in [0.15, 0.2) is 5.13 Å². The molecule has 37 heavy (non-hydrogen) atoms. The molecule has 0 aliphatic rings. The molecule has 0 fully saturated rings. The molecular weight excluding hydrogens is 528 g/mol. The zero-order valence-electron chi connectivity index (χ0n) is 21.2. The van der Waals surface area contributed by atoms with Crippen molar-refractivity contribution < 1.29 is 13.2 Å². The summed E-state index contributed by atoms with van der Waals surface area (Å²) in [5.41, 5.74) is 3.58. The molecule has 0 saturated carbocycles. The molecule has 1 aromatic heterocycles. The molecule has 0 aliphatic carbocycles. The number of aryl methyl sites for hydroxylation is 2. The number of rotatable bonds is 9. The van der Waals surface area contributed by atoms with Crippen LogP contribution in [0, 0.1) is 13.8 Å². The van der Waals surface area contributed by atoms with Gasteiger partial charge in [0, 0.05) is 22.8 Å². The van der Waals surface area contributed by atoms with Crippen LogP contribution in [0.15, 0.2) is 65.6 Å². The van der Waals surface area contributed by atoms with Crippen molar-refractivity contribution in [2.75, 3.05) is 36.8 Å². The standard InChI is InChI=1S/C27H29ClN4O3S2/c1-18-6-12-23(13-7-18)37(34,35)30-22-10-8-20(9-11-22)26(33)32(15-5-14-31(3)4)27-29-25-19(2)16-21(28)17-24(25)36-27/h6-13,16-17,30H,5,14-15H2,1-4H3. The van der Waals surface area contributed by atoms with Crippen LogP contribution in [0.4, 0.5) is 10.8 Å². The Labute approximate surface area is 226 Å². The van der Waals surface area contributed by atoms with Crippen LogP contribution >= 0.6 is 22.9 Å². The number of amides is 1. The first-order chi connectivity index (χ1) is 17.5. The van der Waals surface area contributed by atoms with Gasteiger partial charge in [-0.3, -0.25) is 14.4 Å². The third-order valence-electron chi connectivity index (χ3n) is 5.82. The third-order valence-corrected chi connectivity index (χ3v) is 8.46. The molecule has 0 saturated heterocycles. The number of thiazole rings is 1. The van der Waals surface area contributed by atoms with Crippen molar-refractivity contribution in [3.63, 3.8) is 0 Å². The molecule has 1 amide bonds. The van der Waals surface area contributed by atoms with E-state index in [1.54, 1.807) is 53.4 Å². The molecule has 0 bridgehead atoms. The molecule has 4 aromatic rings. The number of nitrogens with zero attached hydrogens (tertiary/aromatic N) is 3. The van der Waals surface area contributed by atoms with Crippen molar-refractivity contribution in [2.24, 2.45) is 0 Å². The Balaban J connectivity index is 1.59. The smallest absolute Gasteiger partial charge is 0.261 e. The second-order valence-electron chi connectivity index (χ2n) is 9.18. The average molecular weight is 557 g/mol. The highest BCUT2D eigenvalue weighted by atomic mass is 35.5. The summed E-state index contributed by atoms with van der Waals surface area (Å²) >= 11 is 7.67. The van der Waals surface area contributed by atoms with Gasteiger partial charge in [-0.1, -0.05) is 40.6 Å². The van der Waals surface area contributed by atoms with Crippen LogP contribution in [0.1, 0.15) is 27.9 Å². The van der Waals surface area contributed by atoms with Crippen LogP contribution in [0.25, 0.3) is 10.2 Å². The Morgan fingerprint density at radius 1 is 1.00 bits per heavy atom. The topological polar surface area (TPSA) is 82.6 Å². The Bertz CT molecular complexity index is 1520. The molecule has 1 N–H and O–H groups in total. The van der Waals surface area contributed by atoms with Gasteiger partial charge in [0.1, 0.15) is 0 Å². The van der Waals surface area contributed by atoms with Gasteiger partial charge in [0.25, 0.3) is 15.9 Å². The predicted molar refractivity (Wildman–Crippen MR) is 153 cm³/mol. The maximum atomic E-state index is 13.6. The number of fused-ring (bicyclic) bond motifs is 1. The van der Waals surface area contributed by atoms with E-state index in [2.05, 4.69) is 9.62 Å². The van der Waals surface area contributed by atoms with Crippen molar-refractivity contribution >= 4 is 59.9 Å². The third kappa shape index (κ3) is 6.48. The first-order valence-electron chi connectivity index (χ1n) is 11.8. The fraction of sp³-hybridized carbons (Fsp3) is 0.259. The number of sulfonamides is 1. The number of aromatic nitrogens is 1. The largest absolute Gasteiger partial charge is 0.309 e. The maximum Gasteiger partial charge on any atom is 0.261 e. The molecular formula is C27H29ClN4O3S2. The number of hydrogen-bond acceptors (Lipinski definition) is 6. The number of halogens is 1. The van der Waals surface area contributed by atoms with Gasteiger partial charge < -0.3 is 4.90 Å². The lowest BCUT2D eigenvalue weighted by Gasteiger charge is -2.21. The molecule has 10 heteroatoms. The highest BCUT2D eigenvalue weighted by Crippen LogP contribution is 2.34. The van der Waals surface area contributed by atoms with Gasteiger partial charge in [-0.25, -0.2) is 13.4 Å². The van der Waals surface area contributed by atoms with Gasteiger partial charge in [-0.2, -0.15) is 0 Å². The van der Waals surface area contributed by atoms with Gasteiger partial charge in [-0.15, -0.1) is 0 Å². The lowest BCUT2D eigenvalue weighted by molar-refractivity contribution is 0.0986. The van der Waals surface area contributed by atoms with Crippen molar-refractivity contribution in [1.82, 2.24) is 9.88 Å². The van der Waals surface area contributed by atoms with Crippen molar-refractivity contribution in [1.29, 1.82) is 0 Å². The van der Waals surface area contributed by atoms with Gasteiger partial charge in [-0.05, 0) is 95.0 Å². The molecule has 0 spiro atoms. The normalized spacial score (nSPS) is 11.7. The maximum absolute atomic E-state index is 13.6. The number of hydrogen-bond donors (Lipinski definition) is 1. The van der Waals surface area contributed by atoms with E-state index in [1.165, 1.54) is 11.3 Å². The number of anilines is 2. The van der Waals surface area contributed by atoms with Crippen molar-refractivity contribution in [3.8, 4) is 0 Å². The fourth-order valence-electron chi connectivity index (χ4n) is 3.86. The monoisotopic (exact) mass is 556 g/mol. The molecule has 0 radical (unpaired) electrons. The lowest BCUT2D eigenvalue weighted by Crippen LogP contribution is -2.33. The summed E-state index contributed by atoms with van der Waals surface area (Å²) < 4.78 is 29.0. The van der Waals surface area contributed by atoms with E-state index >= 15 is 0 Å². The minimum absolute atomic E-state index is 0.177. The van der Waals surface area contributed by atoms with Crippen molar-refractivity contribution in [3.05, 3.63) is 82.4 Å². The summed E-state index contributed by atoms with van der Waals surface area (Å²) in [6, 6.07) is 16.8. The fourth-order valence-corrected chi connectivity index (χ4v) is 6.36. The molecule has 0 atom stereocenters.